The molecule has 1 aromatic carbocycles. The molecule has 12 heteroatoms. The Morgan fingerprint density at radius 1 is 1.02 bits per heavy atom. The molecular weight excluding hydrogens is 622 g/mol. The quantitative estimate of drug-likeness (QED) is 0.170. The first-order valence-electron chi connectivity index (χ1n) is 17.3. The first kappa shape index (κ1) is 34.3. The Balaban J connectivity index is 1.30. The zero-order valence-corrected chi connectivity index (χ0v) is 29.5. The van der Waals surface area contributed by atoms with E-state index in [1.54, 1.807) is 19.1 Å². The lowest BCUT2D eigenvalue weighted by Crippen LogP contribution is -2.42. The van der Waals surface area contributed by atoms with E-state index in [-0.39, 0.29) is 24.3 Å². The molecule has 12 nitrogen and oxygen atoms in total. The normalized spacial score (nSPS) is 18.5. The van der Waals surface area contributed by atoms with Crippen LogP contribution in [-0.4, -0.2) is 80.7 Å². The average molecular weight is 672 g/mol. The van der Waals surface area contributed by atoms with E-state index in [2.05, 4.69) is 40.6 Å². The summed E-state index contributed by atoms with van der Waals surface area (Å²) in [4.78, 5) is 29.7. The minimum absolute atomic E-state index is 0.144. The van der Waals surface area contributed by atoms with E-state index < -0.39 is 5.60 Å². The lowest BCUT2D eigenvalue weighted by Gasteiger charge is -2.34. The van der Waals surface area contributed by atoms with Gasteiger partial charge in [0, 0.05) is 73.1 Å². The average Bonchev–Trinajstić information content (AvgIpc) is 3.75. The number of nitrogens with zero attached hydrogens (tertiary/aromatic N) is 5. The highest BCUT2D eigenvalue weighted by Crippen LogP contribution is 2.35. The third kappa shape index (κ3) is 7.85. The molecule has 0 radical (unpaired) electrons. The molecule has 6 rings (SSSR count). The molecule has 1 aliphatic heterocycles. The van der Waals surface area contributed by atoms with Gasteiger partial charge in [-0.1, -0.05) is 6.92 Å². The monoisotopic (exact) mass is 671 g/mol. The number of anilines is 2. The SMILES string of the molecule is CCc1nc2c(NCc3ccc(OC)cc3OC)ncc(-c3ccn(C4CCN(C(=O)OC(C)(C)C)CC4)c3)c2nc1N[C@@H]1CC[C@H](O)C1. The second kappa shape index (κ2) is 14.5. The van der Waals surface area contributed by atoms with Crippen LogP contribution < -0.4 is 20.1 Å². The first-order valence-corrected chi connectivity index (χ1v) is 17.3. The van der Waals surface area contributed by atoms with E-state index in [0.717, 1.165) is 70.9 Å². The fraction of sp³-hybridized carbons (Fsp3) is 0.514. The molecule has 1 amide bonds. The molecular formula is C37H49N7O5. The fourth-order valence-electron chi connectivity index (χ4n) is 6.71. The van der Waals surface area contributed by atoms with E-state index in [0.29, 0.717) is 43.8 Å². The van der Waals surface area contributed by atoms with Gasteiger partial charge in [-0.2, -0.15) is 0 Å². The molecule has 4 aromatic rings. The van der Waals surface area contributed by atoms with Crippen LogP contribution >= 0.6 is 0 Å². The fourth-order valence-corrected chi connectivity index (χ4v) is 6.71. The van der Waals surface area contributed by atoms with Gasteiger partial charge in [-0.15, -0.1) is 0 Å². The highest BCUT2D eigenvalue weighted by Gasteiger charge is 2.28. The Kier molecular flexibility index (Phi) is 10.1. The Bertz CT molecular complexity index is 1780. The van der Waals surface area contributed by atoms with Gasteiger partial charge in [-0.05, 0) is 77.5 Å². The van der Waals surface area contributed by atoms with Gasteiger partial charge in [-0.3, -0.25) is 0 Å². The lowest BCUT2D eigenvalue weighted by molar-refractivity contribution is 0.0188. The summed E-state index contributed by atoms with van der Waals surface area (Å²) >= 11 is 0. The number of carbonyl (C=O) groups is 1. The maximum Gasteiger partial charge on any atom is 0.410 e. The molecule has 1 saturated carbocycles. The molecule has 0 unspecified atom stereocenters. The Labute approximate surface area is 288 Å². The zero-order valence-electron chi connectivity index (χ0n) is 29.5. The van der Waals surface area contributed by atoms with Crippen molar-refractivity contribution in [3.05, 3.63) is 54.1 Å². The molecule has 0 spiro atoms. The van der Waals surface area contributed by atoms with Crippen molar-refractivity contribution in [2.45, 2.75) is 96.6 Å². The van der Waals surface area contributed by atoms with E-state index in [4.69, 9.17) is 29.2 Å². The number of fused-ring (bicyclic) bond motifs is 1. The number of carbonyl (C=O) groups excluding carboxylic acids is 1. The predicted octanol–water partition coefficient (Wildman–Crippen LogP) is 6.58. The number of ether oxygens (including phenoxy) is 3. The van der Waals surface area contributed by atoms with Crippen LogP contribution in [0.2, 0.25) is 0 Å². The van der Waals surface area contributed by atoms with Gasteiger partial charge in [0.2, 0.25) is 0 Å². The van der Waals surface area contributed by atoms with Crippen LogP contribution in [-0.2, 0) is 17.7 Å². The van der Waals surface area contributed by atoms with Gasteiger partial charge >= 0.3 is 6.09 Å². The Morgan fingerprint density at radius 3 is 2.49 bits per heavy atom. The number of rotatable bonds is 10. The second-order valence-corrected chi connectivity index (χ2v) is 14.0. The molecule has 3 aromatic heterocycles. The van der Waals surface area contributed by atoms with Crippen LogP contribution in [0, 0.1) is 0 Å². The number of benzene rings is 1. The van der Waals surface area contributed by atoms with Crippen molar-refractivity contribution in [2.75, 3.05) is 37.9 Å². The Hall–Kier alpha value is -4.58. The summed E-state index contributed by atoms with van der Waals surface area (Å²) in [6.07, 6.45) is 10.3. The Morgan fingerprint density at radius 2 is 1.82 bits per heavy atom. The first-order chi connectivity index (χ1) is 23.5. The highest BCUT2D eigenvalue weighted by molar-refractivity contribution is 5.97. The number of nitrogens with one attached hydrogen (secondary N) is 2. The van der Waals surface area contributed by atoms with Crippen LogP contribution in [0.5, 0.6) is 11.5 Å². The van der Waals surface area contributed by atoms with Crippen LogP contribution in [0.25, 0.3) is 22.2 Å². The number of hydrogen-bond donors (Lipinski definition) is 3. The maximum atomic E-state index is 12.6. The summed E-state index contributed by atoms with van der Waals surface area (Å²) in [5.41, 5.74) is 4.62. The van der Waals surface area contributed by atoms with Crippen LogP contribution in [0.4, 0.5) is 16.4 Å². The molecule has 0 bridgehead atoms. The molecule has 2 aliphatic rings. The van der Waals surface area contributed by atoms with Crippen LogP contribution in [0.15, 0.2) is 42.9 Å². The lowest BCUT2D eigenvalue weighted by atomic mass is 10.1. The molecule has 3 N–H and O–H groups in total. The standard InChI is InChI=1S/C37H49N7O5/c1-7-30-34(40-25-9-10-27(45)18-25)42-32-29(21-39-35(33(32)41-30)38-20-23-8-11-28(47-5)19-31(23)48-6)24-12-15-44(22-24)26-13-16-43(17-14-26)36(46)49-37(2,3)4/h8,11-12,15,19,21-22,25-27,45H,7,9-10,13-14,16-18,20H2,1-6H3,(H,38,39)(H,40,42)/t25-,27+/m1/s1. The van der Waals surface area contributed by atoms with Crippen molar-refractivity contribution < 1.29 is 24.1 Å². The third-order valence-corrected chi connectivity index (χ3v) is 9.35. The van der Waals surface area contributed by atoms with Crippen molar-refractivity contribution >= 4 is 28.8 Å². The summed E-state index contributed by atoms with van der Waals surface area (Å²) in [7, 11) is 3.28. The van der Waals surface area contributed by atoms with Crippen molar-refractivity contribution in [2.24, 2.45) is 0 Å². The second-order valence-electron chi connectivity index (χ2n) is 14.0. The molecule has 4 heterocycles. The minimum atomic E-state index is -0.512. The van der Waals surface area contributed by atoms with Gasteiger partial charge in [-0.25, -0.2) is 19.7 Å². The van der Waals surface area contributed by atoms with Crippen LogP contribution in [0.1, 0.15) is 77.1 Å². The van der Waals surface area contributed by atoms with Gasteiger partial charge in [0.1, 0.15) is 34.0 Å². The number of pyridine rings is 1. The number of amides is 1. The summed E-state index contributed by atoms with van der Waals surface area (Å²) < 4.78 is 18.8. The number of aromatic nitrogens is 4. The van der Waals surface area contributed by atoms with Crippen molar-refractivity contribution in [1.29, 1.82) is 0 Å². The van der Waals surface area contributed by atoms with Crippen molar-refractivity contribution in [3.8, 4) is 22.6 Å². The van der Waals surface area contributed by atoms with E-state index in [1.807, 2.05) is 45.2 Å². The van der Waals surface area contributed by atoms with E-state index >= 15 is 0 Å². The molecule has 2 fully saturated rings. The summed E-state index contributed by atoms with van der Waals surface area (Å²) in [6.45, 7) is 9.51. The van der Waals surface area contributed by atoms with Gasteiger partial charge < -0.3 is 39.4 Å². The van der Waals surface area contributed by atoms with Gasteiger partial charge in [0.25, 0.3) is 0 Å². The number of piperidine rings is 1. The van der Waals surface area contributed by atoms with E-state index in [9.17, 15) is 9.90 Å². The van der Waals surface area contributed by atoms with Gasteiger partial charge in [0.15, 0.2) is 5.82 Å². The topological polar surface area (TPSA) is 136 Å². The molecule has 49 heavy (non-hydrogen) atoms. The maximum absolute atomic E-state index is 12.6. The smallest absolute Gasteiger partial charge is 0.410 e. The van der Waals surface area contributed by atoms with Crippen LogP contribution in [0.3, 0.4) is 0 Å². The zero-order chi connectivity index (χ0) is 34.7. The molecule has 1 saturated heterocycles. The number of aryl methyl sites for hydroxylation is 1. The van der Waals surface area contributed by atoms with Crippen molar-refractivity contribution in [3.63, 3.8) is 0 Å². The minimum Gasteiger partial charge on any atom is -0.497 e. The number of aliphatic hydroxyl groups excluding tert-OH is 1. The number of aliphatic hydroxyl groups is 1. The van der Waals surface area contributed by atoms with Gasteiger partial charge in [0.05, 0.1) is 26.0 Å². The summed E-state index contributed by atoms with van der Waals surface area (Å²) in [5, 5.41) is 17.3. The van der Waals surface area contributed by atoms with Crippen molar-refractivity contribution in [1.82, 2.24) is 24.4 Å². The van der Waals surface area contributed by atoms with E-state index in [1.165, 1.54) is 0 Å². The molecule has 262 valence electrons. The largest absolute Gasteiger partial charge is 0.497 e. The number of methoxy groups -OCH3 is 2. The third-order valence-electron chi connectivity index (χ3n) is 9.35. The summed E-state index contributed by atoms with van der Waals surface area (Å²) in [6, 6.07) is 8.25. The highest BCUT2D eigenvalue weighted by atomic mass is 16.6. The molecule has 1 aliphatic carbocycles. The summed E-state index contributed by atoms with van der Waals surface area (Å²) in [5.74, 6) is 2.83. The number of hydrogen-bond acceptors (Lipinski definition) is 10. The number of likely N-dealkylation sites (tertiary alicyclic amines) is 1. The predicted molar refractivity (Wildman–Crippen MR) is 190 cm³/mol. The molecule has 2 atom stereocenters.